The summed E-state index contributed by atoms with van der Waals surface area (Å²) in [5, 5.41) is 0. The Morgan fingerprint density at radius 1 is 0.765 bits per heavy atom. The van der Waals surface area contributed by atoms with E-state index in [0.717, 1.165) is 70.6 Å². The number of imide groups is 1. The van der Waals surface area contributed by atoms with E-state index in [4.69, 9.17) is 0 Å². The number of likely N-dealkylation sites (tertiary alicyclic amines) is 1. The van der Waals surface area contributed by atoms with Gasteiger partial charge in [0.05, 0.1) is 5.92 Å². The van der Waals surface area contributed by atoms with E-state index < -0.39 is 0 Å². The van der Waals surface area contributed by atoms with Gasteiger partial charge in [0.25, 0.3) is 0 Å². The van der Waals surface area contributed by atoms with E-state index in [0.29, 0.717) is 25.2 Å². The number of hydrogen-bond acceptors (Lipinski definition) is 3. The molecular formula is C30H55NO3. The topological polar surface area (TPSA) is 54.5 Å². The number of hydrogen-bond donors (Lipinski definition) is 0. The lowest BCUT2D eigenvalue weighted by Crippen LogP contribution is -2.35. The van der Waals surface area contributed by atoms with Gasteiger partial charge in [-0.05, 0) is 37.5 Å². The zero-order chi connectivity index (χ0) is 25.6. The molecule has 0 aromatic heterocycles. The maximum Gasteiger partial charge on any atom is 0.233 e. The summed E-state index contributed by atoms with van der Waals surface area (Å²) in [6.45, 7) is 13.6. The van der Waals surface area contributed by atoms with Gasteiger partial charge < -0.3 is 0 Å². The Morgan fingerprint density at radius 3 is 1.97 bits per heavy atom. The van der Waals surface area contributed by atoms with E-state index in [1.54, 1.807) is 0 Å². The van der Waals surface area contributed by atoms with Gasteiger partial charge in [-0.25, -0.2) is 0 Å². The van der Waals surface area contributed by atoms with Crippen LogP contribution in [0.25, 0.3) is 0 Å². The second kappa shape index (κ2) is 15.7. The molecule has 0 saturated carbocycles. The van der Waals surface area contributed by atoms with Crippen LogP contribution in [0, 0.1) is 16.7 Å². The molecule has 0 N–H and O–H groups in total. The molecule has 4 nitrogen and oxygen atoms in total. The van der Waals surface area contributed by atoms with Crippen molar-refractivity contribution in [2.75, 3.05) is 6.54 Å². The summed E-state index contributed by atoms with van der Waals surface area (Å²) in [6.07, 6.45) is 17.2. The van der Waals surface area contributed by atoms with Crippen LogP contribution in [0.2, 0.25) is 0 Å². The van der Waals surface area contributed by atoms with Crippen LogP contribution in [0.15, 0.2) is 0 Å². The van der Waals surface area contributed by atoms with Gasteiger partial charge in [-0.2, -0.15) is 0 Å². The van der Waals surface area contributed by atoms with E-state index in [9.17, 15) is 14.4 Å². The van der Waals surface area contributed by atoms with Gasteiger partial charge >= 0.3 is 0 Å². The summed E-state index contributed by atoms with van der Waals surface area (Å²) in [4.78, 5) is 40.1. The molecule has 0 spiro atoms. The van der Waals surface area contributed by atoms with Gasteiger partial charge in [-0.3, -0.25) is 19.3 Å². The lowest BCUT2D eigenvalue weighted by atomic mass is 9.74. The van der Waals surface area contributed by atoms with Crippen LogP contribution in [-0.2, 0) is 14.4 Å². The molecule has 34 heavy (non-hydrogen) atoms. The third-order valence-corrected chi connectivity index (χ3v) is 8.23. The molecule has 1 heterocycles. The molecule has 1 aliphatic heterocycles. The smallest absolute Gasteiger partial charge is 0.233 e. The van der Waals surface area contributed by atoms with Crippen molar-refractivity contribution in [3.8, 4) is 0 Å². The number of nitrogens with zero attached hydrogens (tertiary/aromatic N) is 1. The van der Waals surface area contributed by atoms with Crippen molar-refractivity contribution in [3.05, 3.63) is 0 Å². The molecule has 1 aliphatic rings. The number of carbonyl (C=O) groups is 3. The Labute approximate surface area is 211 Å². The first kappa shape index (κ1) is 30.8. The number of amides is 2. The van der Waals surface area contributed by atoms with Crippen LogP contribution in [0.3, 0.4) is 0 Å². The summed E-state index contributed by atoms with van der Waals surface area (Å²) >= 11 is 0. The summed E-state index contributed by atoms with van der Waals surface area (Å²) in [5.41, 5.74) is -0.302. The van der Waals surface area contributed by atoms with Crippen molar-refractivity contribution in [2.45, 2.75) is 151 Å². The van der Waals surface area contributed by atoms with E-state index in [-0.39, 0.29) is 28.6 Å². The minimum atomic E-state index is -0.180. The van der Waals surface area contributed by atoms with Gasteiger partial charge in [0.15, 0.2) is 0 Å². The van der Waals surface area contributed by atoms with Crippen LogP contribution >= 0.6 is 0 Å². The molecule has 1 saturated heterocycles. The van der Waals surface area contributed by atoms with Gasteiger partial charge in [0, 0.05) is 24.8 Å². The van der Waals surface area contributed by atoms with Crippen molar-refractivity contribution in [3.63, 3.8) is 0 Å². The van der Waals surface area contributed by atoms with Crippen molar-refractivity contribution in [1.82, 2.24) is 4.90 Å². The molecule has 0 aromatic rings. The molecule has 0 aromatic carbocycles. The molecule has 2 amide bonds. The van der Waals surface area contributed by atoms with Crippen molar-refractivity contribution in [1.29, 1.82) is 0 Å². The molecule has 1 fully saturated rings. The maximum absolute atomic E-state index is 13.1. The number of ketones is 1. The third kappa shape index (κ3) is 9.82. The average molecular weight is 478 g/mol. The first-order valence-electron chi connectivity index (χ1n) is 14.5. The Kier molecular flexibility index (Phi) is 14.3. The summed E-state index contributed by atoms with van der Waals surface area (Å²) in [7, 11) is 0. The molecule has 0 bridgehead atoms. The normalized spacial score (nSPS) is 18.5. The fraction of sp³-hybridized carbons (Fsp3) is 0.900. The maximum atomic E-state index is 13.1. The zero-order valence-corrected chi connectivity index (χ0v) is 23.5. The fourth-order valence-corrected chi connectivity index (χ4v) is 5.46. The average Bonchev–Trinajstić information content (AvgIpc) is 3.10. The molecule has 0 aliphatic carbocycles. The lowest BCUT2D eigenvalue weighted by Gasteiger charge is -2.30. The van der Waals surface area contributed by atoms with Crippen molar-refractivity contribution in [2.24, 2.45) is 16.7 Å². The molecule has 198 valence electrons. The minimum Gasteiger partial charge on any atom is -0.299 e. The largest absolute Gasteiger partial charge is 0.299 e. The van der Waals surface area contributed by atoms with E-state index >= 15 is 0 Å². The highest BCUT2D eigenvalue weighted by Gasteiger charge is 2.45. The molecule has 0 radical (unpaired) electrons. The zero-order valence-electron chi connectivity index (χ0n) is 23.5. The number of carbonyl (C=O) groups excluding carboxylic acids is 3. The predicted molar refractivity (Wildman–Crippen MR) is 143 cm³/mol. The first-order chi connectivity index (χ1) is 16.1. The SMILES string of the molecule is CCCCCCCC(C)(CCCC)C(=O)CCCCCN1C(=O)CC(C(C)(C)CCCC)C1=O. The van der Waals surface area contributed by atoms with Crippen LogP contribution < -0.4 is 0 Å². The Bertz CT molecular complexity index is 627. The standard InChI is InChI=1S/C30H55NO3/c1-7-10-13-14-17-22-30(6,21-12-9-3)26(32)19-16-15-18-23-31-27(33)24-25(28(31)34)29(4,5)20-11-8-2/h25H,7-24H2,1-6H3. The van der Waals surface area contributed by atoms with Gasteiger partial charge in [0.1, 0.15) is 5.78 Å². The predicted octanol–water partition coefficient (Wildman–Crippen LogP) is 8.26. The monoisotopic (exact) mass is 477 g/mol. The second-order valence-electron chi connectivity index (χ2n) is 11.8. The number of Topliss-reactive ketones (excluding diaryl/α,β-unsaturated/α-hetero) is 1. The van der Waals surface area contributed by atoms with Crippen LogP contribution in [0.4, 0.5) is 0 Å². The number of rotatable bonds is 20. The molecule has 1 rings (SSSR count). The first-order valence-corrected chi connectivity index (χ1v) is 14.5. The highest BCUT2D eigenvalue weighted by Crippen LogP contribution is 2.40. The van der Waals surface area contributed by atoms with Crippen molar-refractivity contribution < 1.29 is 14.4 Å². The van der Waals surface area contributed by atoms with E-state index in [2.05, 4.69) is 41.5 Å². The van der Waals surface area contributed by atoms with E-state index in [1.807, 2.05) is 0 Å². The van der Waals surface area contributed by atoms with Gasteiger partial charge in [0.2, 0.25) is 11.8 Å². The fourth-order valence-electron chi connectivity index (χ4n) is 5.46. The molecule has 4 heteroatoms. The minimum absolute atomic E-state index is 0.00846. The van der Waals surface area contributed by atoms with E-state index in [1.165, 1.54) is 30.6 Å². The third-order valence-electron chi connectivity index (χ3n) is 8.23. The summed E-state index contributed by atoms with van der Waals surface area (Å²) in [6, 6.07) is 0. The second-order valence-corrected chi connectivity index (χ2v) is 11.8. The highest BCUT2D eigenvalue weighted by atomic mass is 16.2. The molecular weight excluding hydrogens is 422 g/mol. The summed E-state index contributed by atoms with van der Waals surface area (Å²) in [5.74, 6) is 0.260. The van der Waals surface area contributed by atoms with Gasteiger partial charge in [-0.15, -0.1) is 0 Å². The molecule has 2 atom stereocenters. The Balaban J connectivity index is 2.46. The van der Waals surface area contributed by atoms with Gasteiger partial charge in [-0.1, -0.05) is 106 Å². The Morgan fingerprint density at radius 2 is 1.32 bits per heavy atom. The summed E-state index contributed by atoms with van der Waals surface area (Å²) < 4.78 is 0. The van der Waals surface area contributed by atoms with Crippen LogP contribution in [0.5, 0.6) is 0 Å². The van der Waals surface area contributed by atoms with Crippen LogP contribution in [-0.4, -0.2) is 29.0 Å². The lowest BCUT2D eigenvalue weighted by molar-refractivity contribution is -0.140. The molecule has 2 unspecified atom stereocenters. The van der Waals surface area contributed by atoms with Crippen LogP contribution in [0.1, 0.15) is 151 Å². The number of unbranched alkanes of at least 4 members (excludes halogenated alkanes) is 8. The van der Waals surface area contributed by atoms with Crippen molar-refractivity contribution >= 4 is 17.6 Å². The highest BCUT2D eigenvalue weighted by molar-refractivity contribution is 6.03. The Hall–Kier alpha value is -1.19. The quantitative estimate of drug-likeness (QED) is 0.131.